The highest BCUT2D eigenvalue weighted by Gasteiger charge is 1.89. The lowest BCUT2D eigenvalue weighted by molar-refractivity contribution is 0.480. The molecule has 10 heavy (non-hydrogen) atoms. The topological polar surface area (TPSA) is 45.1 Å². The summed E-state index contributed by atoms with van der Waals surface area (Å²) in [7, 11) is 0. The largest absolute Gasteiger partial charge is 0.391 e. The van der Waals surface area contributed by atoms with Gasteiger partial charge in [0.25, 0.3) is 0 Å². The Morgan fingerprint density at radius 1 is 1.80 bits per heavy atom. The summed E-state index contributed by atoms with van der Waals surface area (Å²) < 4.78 is 4.80. The second-order valence-electron chi connectivity index (χ2n) is 1.67. The molecule has 0 aliphatic heterocycles. The summed E-state index contributed by atoms with van der Waals surface area (Å²) in [4.78, 5) is 0. The Labute approximate surface area is 75.0 Å². The van der Waals surface area contributed by atoms with Crippen molar-refractivity contribution in [3.63, 3.8) is 0 Å². The fourth-order valence-corrected chi connectivity index (χ4v) is 0.781. The van der Waals surface area contributed by atoms with E-state index in [1.165, 1.54) is 6.21 Å². The second-order valence-corrected chi connectivity index (χ2v) is 2.30. The first kappa shape index (κ1) is 9.90. The third-order valence-electron chi connectivity index (χ3n) is 0.898. The quantitative estimate of drug-likeness (QED) is 0.576. The van der Waals surface area contributed by atoms with Gasteiger partial charge in [0, 0.05) is 24.5 Å². The molecule has 0 spiro atoms. The normalized spacial score (nSPS) is 11.2. The molecule has 0 saturated carbocycles. The van der Waals surface area contributed by atoms with Crippen molar-refractivity contribution in [3.8, 4) is 0 Å². The average molecular weight is 254 g/mol. The lowest BCUT2D eigenvalue weighted by Crippen LogP contribution is -2.06. The molecule has 0 aliphatic rings. The minimum atomic E-state index is 0.483. The van der Waals surface area contributed by atoms with Crippen LogP contribution in [0, 0.1) is 5.41 Å². The maximum absolute atomic E-state index is 6.93. The molecule has 58 valence electrons. The maximum atomic E-state index is 6.93. The summed E-state index contributed by atoms with van der Waals surface area (Å²) in [5.41, 5.74) is 0.844. The van der Waals surface area contributed by atoms with Crippen LogP contribution in [0.5, 0.6) is 0 Å². The Morgan fingerprint density at radius 2 is 2.50 bits per heavy atom. The van der Waals surface area contributed by atoms with Crippen molar-refractivity contribution in [2.24, 2.45) is 0 Å². The van der Waals surface area contributed by atoms with Crippen LogP contribution in [0.4, 0.5) is 0 Å². The minimum absolute atomic E-state index is 0.483. The van der Waals surface area contributed by atoms with E-state index in [9.17, 15) is 0 Å². The third kappa shape index (κ3) is 4.75. The van der Waals surface area contributed by atoms with Crippen molar-refractivity contribution >= 4 is 29.2 Å². The summed E-state index contributed by atoms with van der Waals surface area (Å²) >= 11 is 1.81. The molecule has 0 radical (unpaired) electrons. The molecule has 4 heteroatoms. The molecule has 0 aliphatic carbocycles. The van der Waals surface area contributed by atoms with Crippen LogP contribution in [0.25, 0.3) is 0 Å². The molecule has 2 N–H and O–H groups in total. The molecule has 0 unspecified atom stereocenters. The molecule has 3 nitrogen and oxygen atoms in total. The standard InChI is InChI=1S/C6H11IN2O/c1-2-9-4-6(3-8)5-10-7/h3-4,8-9H,2,5H2,1H3/b6-4+,8-3?. The molecule has 0 heterocycles. The van der Waals surface area contributed by atoms with Gasteiger partial charge in [0.15, 0.2) is 0 Å². The summed E-state index contributed by atoms with van der Waals surface area (Å²) in [5, 5.41) is 9.91. The van der Waals surface area contributed by atoms with E-state index in [0.717, 1.165) is 12.1 Å². The van der Waals surface area contributed by atoms with Crippen molar-refractivity contribution in [2.75, 3.05) is 13.2 Å². The third-order valence-corrected chi connectivity index (χ3v) is 1.21. The Hall–Kier alpha value is -0.100. The van der Waals surface area contributed by atoms with Crippen LogP contribution in [0.2, 0.25) is 0 Å². The highest BCUT2D eigenvalue weighted by molar-refractivity contribution is 14.1. The number of nitrogens with one attached hydrogen (secondary N) is 2. The first-order chi connectivity index (χ1) is 4.85. The van der Waals surface area contributed by atoms with Gasteiger partial charge in [0.2, 0.25) is 0 Å². The van der Waals surface area contributed by atoms with Crippen molar-refractivity contribution in [3.05, 3.63) is 11.8 Å². The first-order valence-corrected chi connectivity index (χ1v) is 3.89. The van der Waals surface area contributed by atoms with E-state index in [0.29, 0.717) is 6.61 Å². The Kier molecular flexibility index (Phi) is 6.94. The Bertz CT molecular complexity index is 125. The maximum Gasteiger partial charge on any atom is 0.110 e. The lowest BCUT2D eigenvalue weighted by atomic mass is 10.3. The highest BCUT2D eigenvalue weighted by Crippen LogP contribution is 1.93. The molecule has 0 aromatic rings. The predicted octanol–water partition coefficient (Wildman–Crippen LogP) is 1.50. The van der Waals surface area contributed by atoms with Gasteiger partial charge in [-0.3, -0.25) is 0 Å². The fourth-order valence-electron chi connectivity index (χ4n) is 0.421. The average Bonchev–Trinajstić information content (AvgIpc) is 1.98. The predicted molar refractivity (Wildman–Crippen MR) is 50.5 cm³/mol. The summed E-state index contributed by atoms with van der Waals surface area (Å²) in [6.07, 6.45) is 3.06. The van der Waals surface area contributed by atoms with E-state index >= 15 is 0 Å². The molecular weight excluding hydrogens is 243 g/mol. The van der Waals surface area contributed by atoms with Gasteiger partial charge in [-0.1, -0.05) is 0 Å². The van der Waals surface area contributed by atoms with Crippen LogP contribution in [-0.4, -0.2) is 19.4 Å². The molecule has 0 bridgehead atoms. The summed E-state index contributed by atoms with van der Waals surface area (Å²) in [6, 6.07) is 0. The number of rotatable bonds is 5. The monoisotopic (exact) mass is 254 g/mol. The zero-order valence-electron chi connectivity index (χ0n) is 5.86. The van der Waals surface area contributed by atoms with Crippen molar-refractivity contribution in [1.82, 2.24) is 5.32 Å². The van der Waals surface area contributed by atoms with E-state index in [1.807, 2.05) is 6.92 Å². The van der Waals surface area contributed by atoms with Gasteiger partial charge in [-0.2, -0.15) is 0 Å². The molecule has 0 rings (SSSR count). The Morgan fingerprint density at radius 3 is 2.90 bits per heavy atom. The smallest absolute Gasteiger partial charge is 0.110 e. The van der Waals surface area contributed by atoms with Gasteiger partial charge in [0.1, 0.15) is 23.0 Å². The van der Waals surface area contributed by atoms with Crippen LogP contribution in [0.15, 0.2) is 11.8 Å². The van der Waals surface area contributed by atoms with Crippen molar-refractivity contribution in [1.29, 1.82) is 5.41 Å². The molecule has 0 atom stereocenters. The van der Waals surface area contributed by atoms with Crippen molar-refractivity contribution in [2.45, 2.75) is 6.92 Å². The number of hydrogen-bond donors (Lipinski definition) is 2. The molecule has 0 amide bonds. The van der Waals surface area contributed by atoms with Gasteiger partial charge in [-0.05, 0) is 6.92 Å². The molecule has 0 aromatic carbocycles. The van der Waals surface area contributed by atoms with Crippen LogP contribution in [0.3, 0.4) is 0 Å². The summed E-state index contributed by atoms with van der Waals surface area (Å²) in [6.45, 7) is 3.36. The highest BCUT2D eigenvalue weighted by atomic mass is 127. The molecule has 0 saturated heterocycles. The van der Waals surface area contributed by atoms with Crippen LogP contribution >= 0.6 is 23.0 Å². The first-order valence-electron chi connectivity index (χ1n) is 3.01. The SMILES string of the molecule is CCN/C=C(\C=N)COI. The van der Waals surface area contributed by atoms with Gasteiger partial charge in [-0.15, -0.1) is 0 Å². The number of halogens is 1. The van der Waals surface area contributed by atoms with E-state index in [-0.39, 0.29) is 0 Å². The lowest BCUT2D eigenvalue weighted by Gasteiger charge is -1.97. The van der Waals surface area contributed by atoms with E-state index < -0.39 is 0 Å². The van der Waals surface area contributed by atoms with Gasteiger partial charge in [0.05, 0.1) is 6.61 Å². The fraction of sp³-hybridized carbons (Fsp3) is 0.500. The van der Waals surface area contributed by atoms with Crippen LogP contribution < -0.4 is 5.32 Å². The van der Waals surface area contributed by atoms with E-state index in [1.54, 1.807) is 29.2 Å². The minimum Gasteiger partial charge on any atom is -0.391 e. The molecular formula is C6H11IN2O. The molecule has 0 fully saturated rings. The van der Waals surface area contributed by atoms with Crippen molar-refractivity contribution < 1.29 is 3.07 Å². The molecule has 0 aromatic heterocycles. The van der Waals surface area contributed by atoms with E-state index in [4.69, 9.17) is 8.48 Å². The van der Waals surface area contributed by atoms with E-state index in [2.05, 4.69) is 5.32 Å². The van der Waals surface area contributed by atoms with Gasteiger partial charge < -0.3 is 13.8 Å². The van der Waals surface area contributed by atoms with Gasteiger partial charge >= 0.3 is 0 Å². The zero-order chi connectivity index (χ0) is 7.82. The number of hydrogen-bond acceptors (Lipinski definition) is 3. The zero-order valence-corrected chi connectivity index (χ0v) is 8.01. The summed E-state index contributed by atoms with van der Waals surface area (Å²) in [5.74, 6) is 0. The van der Waals surface area contributed by atoms with Gasteiger partial charge in [-0.25, -0.2) is 0 Å². The Balaban J connectivity index is 3.66. The van der Waals surface area contributed by atoms with Crippen LogP contribution in [-0.2, 0) is 3.07 Å². The van der Waals surface area contributed by atoms with Crippen LogP contribution in [0.1, 0.15) is 6.92 Å². The second kappa shape index (κ2) is 7.01.